The number of benzene rings is 2. The molecule has 1 saturated carbocycles. The molecule has 1 heterocycles. The Morgan fingerprint density at radius 1 is 0.971 bits per heavy atom. The van der Waals surface area contributed by atoms with E-state index in [2.05, 4.69) is 0 Å². The summed E-state index contributed by atoms with van der Waals surface area (Å²) in [7, 11) is 0. The van der Waals surface area contributed by atoms with Crippen LogP contribution in [0.25, 0.3) is 0 Å². The number of ether oxygens (including phenoxy) is 2. The lowest BCUT2D eigenvalue weighted by Gasteiger charge is -2.40. The van der Waals surface area contributed by atoms with E-state index in [1.54, 1.807) is 12.1 Å². The van der Waals surface area contributed by atoms with Gasteiger partial charge in [-0.05, 0) is 53.8 Å². The predicted molar refractivity (Wildman–Crippen MR) is 112 cm³/mol. The molecule has 1 saturated heterocycles. The number of rotatable bonds is 7. The molecule has 0 radical (unpaired) electrons. The molecule has 5 unspecified atom stereocenters. The van der Waals surface area contributed by atoms with Crippen molar-refractivity contribution in [2.24, 2.45) is 5.41 Å². The Labute approximate surface area is 193 Å². The minimum absolute atomic E-state index is 0.0542. The van der Waals surface area contributed by atoms with Gasteiger partial charge in [-0.3, -0.25) is 0 Å². The Kier molecular flexibility index (Phi) is 6.90. The molecule has 5 atom stereocenters. The maximum atomic E-state index is 14.5. The third kappa shape index (κ3) is 4.92. The number of aliphatic hydroxyl groups is 4. The summed E-state index contributed by atoms with van der Waals surface area (Å²) in [5.74, 6) is -0.232. The molecule has 4 rings (SSSR count). The molecule has 34 heavy (non-hydrogen) atoms. The fourth-order valence-electron chi connectivity index (χ4n) is 4.09. The van der Waals surface area contributed by atoms with Gasteiger partial charge in [0.25, 0.3) is 0 Å². The second-order valence-corrected chi connectivity index (χ2v) is 8.99. The molecule has 2 aromatic carbocycles. The first-order valence-corrected chi connectivity index (χ1v) is 10.9. The van der Waals surface area contributed by atoms with Gasteiger partial charge >= 0.3 is 6.18 Å². The summed E-state index contributed by atoms with van der Waals surface area (Å²) in [6.45, 7) is -1.01. The molecule has 1 aliphatic heterocycles. The van der Waals surface area contributed by atoms with Crippen molar-refractivity contribution in [1.29, 1.82) is 0 Å². The van der Waals surface area contributed by atoms with Gasteiger partial charge < -0.3 is 29.9 Å². The Balaban J connectivity index is 1.45. The minimum atomic E-state index is -4.30. The van der Waals surface area contributed by atoms with Gasteiger partial charge in [0, 0.05) is 6.42 Å². The molecule has 2 fully saturated rings. The number of hydrogen-bond donors (Lipinski definition) is 4. The van der Waals surface area contributed by atoms with Gasteiger partial charge in [-0.2, -0.15) is 13.2 Å². The lowest BCUT2D eigenvalue weighted by Crippen LogP contribution is -2.55. The highest BCUT2D eigenvalue weighted by molar-refractivity contribution is 5.35. The van der Waals surface area contributed by atoms with Crippen molar-refractivity contribution in [3.63, 3.8) is 0 Å². The van der Waals surface area contributed by atoms with Crippen LogP contribution in [0.2, 0.25) is 0 Å². The smallest absolute Gasteiger partial charge is 0.397 e. The molecule has 0 amide bonds. The lowest BCUT2D eigenvalue weighted by atomic mass is 9.90. The molecule has 1 aliphatic carbocycles. The largest absolute Gasteiger partial charge is 0.493 e. The van der Waals surface area contributed by atoms with E-state index in [9.17, 15) is 38.0 Å². The second kappa shape index (κ2) is 9.43. The van der Waals surface area contributed by atoms with Crippen LogP contribution in [0.4, 0.5) is 17.6 Å². The minimum Gasteiger partial charge on any atom is -0.493 e. The summed E-state index contributed by atoms with van der Waals surface area (Å²) in [6.07, 6.45) is -10.8. The predicted octanol–water partition coefficient (Wildman–Crippen LogP) is 2.65. The van der Waals surface area contributed by atoms with Crippen molar-refractivity contribution >= 4 is 0 Å². The van der Waals surface area contributed by atoms with Crippen molar-refractivity contribution in [2.75, 3.05) is 13.2 Å². The molecule has 10 heteroatoms. The molecule has 186 valence electrons. The maximum absolute atomic E-state index is 14.5. The van der Waals surface area contributed by atoms with Gasteiger partial charge in [0.1, 0.15) is 54.1 Å². The molecular formula is C24H26F4O6. The van der Waals surface area contributed by atoms with E-state index in [4.69, 9.17) is 9.47 Å². The summed E-state index contributed by atoms with van der Waals surface area (Å²) in [6, 6.07) is 10.4. The highest BCUT2D eigenvalue weighted by Crippen LogP contribution is 2.57. The standard InChI is InChI=1S/C24H26F4O6/c25-17-6-3-14(22-21(32)20(31)19(30)18(11-29)34-22)10-15(17)9-13-1-4-16(5-2-13)33-12-23(7-8-23)24(26,27)28/h1-6,10,18-22,29-32H,7-9,11-12H2. The van der Waals surface area contributed by atoms with Gasteiger partial charge in [-0.1, -0.05) is 18.2 Å². The summed E-state index contributed by atoms with van der Waals surface area (Å²) in [5, 5.41) is 39.7. The highest BCUT2D eigenvalue weighted by atomic mass is 19.4. The lowest BCUT2D eigenvalue weighted by molar-refractivity contribution is -0.231. The Morgan fingerprint density at radius 2 is 1.65 bits per heavy atom. The fourth-order valence-corrected chi connectivity index (χ4v) is 4.09. The maximum Gasteiger partial charge on any atom is 0.397 e. The molecule has 0 bridgehead atoms. The van der Waals surface area contributed by atoms with Crippen LogP contribution < -0.4 is 4.74 Å². The first-order chi connectivity index (χ1) is 16.0. The van der Waals surface area contributed by atoms with E-state index >= 15 is 0 Å². The summed E-state index contributed by atoms with van der Waals surface area (Å²) in [4.78, 5) is 0. The molecule has 0 spiro atoms. The molecule has 0 aromatic heterocycles. The van der Waals surface area contributed by atoms with E-state index in [-0.39, 0.29) is 30.6 Å². The van der Waals surface area contributed by atoms with Crippen LogP contribution in [0.15, 0.2) is 42.5 Å². The van der Waals surface area contributed by atoms with Gasteiger partial charge in [-0.25, -0.2) is 4.39 Å². The van der Waals surface area contributed by atoms with Crippen LogP contribution >= 0.6 is 0 Å². The Bertz CT molecular complexity index is 990. The van der Waals surface area contributed by atoms with Gasteiger partial charge in [-0.15, -0.1) is 0 Å². The van der Waals surface area contributed by atoms with E-state index in [0.717, 1.165) is 0 Å². The topological polar surface area (TPSA) is 99.4 Å². The van der Waals surface area contributed by atoms with Crippen LogP contribution in [0.1, 0.15) is 35.6 Å². The van der Waals surface area contributed by atoms with Crippen LogP contribution in [-0.4, -0.2) is 64.2 Å². The van der Waals surface area contributed by atoms with E-state index in [1.807, 2.05) is 0 Å². The van der Waals surface area contributed by atoms with Crippen molar-refractivity contribution < 1.29 is 47.5 Å². The zero-order chi connectivity index (χ0) is 24.7. The van der Waals surface area contributed by atoms with Crippen LogP contribution in [0.5, 0.6) is 5.75 Å². The monoisotopic (exact) mass is 486 g/mol. The quantitative estimate of drug-likeness (QED) is 0.450. The Morgan fingerprint density at radius 3 is 2.24 bits per heavy atom. The second-order valence-electron chi connectivity index (χ2n) is 8.99. The van der Waals surface area contributed by atoms with Gasteiger partial charge in [0.2, 0.25) is 0 Å². The first-order valence-electron chi connectivity index (χ1n) is 10.9. The molecule has 4 N–H and O–H groups in total. The van der Waals surface area contributed by atoms with E-state index in [0.29, 0.717) is 11.1 Å². The number of alkyl halides is 3. The first kappa shape index (κ1) is 24.9. The summed E-state index contributed by atoms with van der Waals surface area (Å²) < 4.78 is 64.5. The van der Waals surface area contributed by atoms with Gasteiger partial charge in [0.15, 0.2) is 0 Å². The van der Waals surface area contributed by atoms with Crippen LogP contribution in [0, 0.1) is 11.2 Å². The van der Waals surface area contributed by atoms with Crippen molar-refractivity contribution in [3.8, 4) is 5.75 Å². The van der Waals surface area contributed by atoms with Crippen molar-refractivity contribution in [1.82, 2.24) is 0 Å². The zero-order valence-electron chi connectivity index (χ0n) is 18.1. The molecule has 2 aliphatic rings. The molecular weight excluding hydrogens is 460 g/mol. The van der Waals surface area contributed by atoms with Gasteiger partial charge in [0.05, 0.1) is 6.61 Å². The normalized spacial score (nSPS) is 28.5. The third-order valence-electron chi connectivity index (χ3n) is 6.58. The fraction of sp³-hybridized carbons (Fsp3) is 0.500. The summed E-state index contributed by atoms with van der Waals surface area (Å²) >= 11 is 0. The highest BCUT2D eigenvalue weighted by Gasteiger charge is 2.63. The average molecular weight is 486 g/mol. The van der Waals surface area contributed by atoms with Crippen molar-refractivity contribution in [3.05, 3.63) is 65.0 Å². The van der Waals surface area contributed by atoms with Crippen LogP contribution in [-0.2, 0) is 11.2 Å². The summed E-state index contributed by atoms with van der Waals surface area (Å²) in [5.41, 5.74) is -0.471. The third-order valence-corrected chi connectivity index (χ3v) is 6.58. The van der Waals surface area contributed by atoms with Crippen LogP contribution in [0.3, 0.4) is 0 Å². The van der Waals surface area contributed by atoms with Crippen molar-refractivity contribution in [2.45, 2.75) is 56.0 Å². The molecule has 2 aromatic rings. The number of halogens is 4. The SMILES string of the molecule is OCC1OC(c2ccc(F)c(Cc3ccc(OCC4(C(F)(F)F)CC4)cc3)c2)C(O)C(O)C1O. The molecule has 6 nitrogen and oxygen atoms in total. The van der Waals surface area contributed by atoms with E-state index < -0.39 is 61.1 Å². The average Bonchev–Trinajstić information content (AvgIpc) is 3.60. The zero-order valence-corrected chi connectivity index (χ0v) is 18.1. The number of aliphatic hydroxyl groups excluding tert-OH is 4. The Hall–Kier alpha value is -2.24. The number of hydrogen-bond acceptors (Lipinski definition) is 6. The van der Waals surface area contributed by atoms with E-state index in [1.165, 1.54) is 30.3 Å².